The molecule has 1 aromatic carbocycles. The smallest absolute Gasteiger partial charge is 0.308 e. The third kappa shape index (κ3) is 3.11. The highest BCUT2D eigenvalue weighted by atomic mass is 16.6. The number of carboxylic acids is 1. The van der Waals surface area contributed by atoms with E-state index in [0.717, 1.165) is 4.68 Å². The van der Waals surface area contributed by atoms with E-state index < -0.39 is 22.9 Å². The molecule has 0 saturated carbocycles. The van der Waals surface area contributed by atoms with Gasteiger partial charge in [0.05, 0.1) is 17.0 Å². The number of carboxylic acid groups (broad SMARTS) is 1. The maximum absolute atomic E-state index is 11.8. The summed E-state index contributed by atoms with van der Waals surface area (Å²) in [5, 5.41) is 23.4. The molecule has 1 N–H and O–H groups in total. The fourth-order valence-electron chi connectivity index (χ4n) is 1.86. The van der Waals surface area contributed by atoms with Crippen molar-refractivity contribution in [3.05, 3.63) is 56.4 Å². The Morgan fingerprint density at radius 1 is 1.38 bits per heavy atom. The lowest BCUT2D eigenvalue weighted by atomic mass is 10.1. The monoisotopic (exact) mass is 289 g/mol. The van der Waals surface area contributed by atoms with Crippen molar-refractivity contribution in [3.63, 3.8) is 0 Å². The molecule has 0 aliphatic carbocycles. The first-order valence-corrected chi connectivity index (χ1v) is 5.92. The van der Waals surface area contributed by atoms with E-state index in [2.05, 4.69) is 5.10 Å². The summed E-state index contributed by atoms with van der Waals surface area (Å²) in [5.41, 5.74) is 0.497. The van der Waals surface area contributed by atoms with Gasteiger partial charge < -0.3 is 5.11 Å². The van der Waals surface area contributed by atoms with Crippen molar-refractivity contribution in [1.29, 1.82) is 0 Å². The highest BCUT2D eigenvalue weighted by Crippen LogP contribution is 2.20. The Balaban J connectivity index is 2.48. The van der Waals surface area contributed by atoms with Gasteiger partial charge in [-0.1, -0.05) is 0 Å². The molecule has 0 aliphatic rings. The second kappa shape index (κ2) is 5.53. The van der Waals surface area contributed by atoms with Crippen molar-refractivity contribution in [2.24, 2.45) is 7.05 Å². The number of nitro benzene ring substituents is 1. The standard InChI is InChI=1S/C13H11N3O5/c1-15-13(19)9(7-12(17)18)6-11(14-15)8-2-4-10(5-3-8)16(20)21/h2-6H,7H2,1H3,(H,17,18). The molecule has 0 fully saturated rings. The van der Waals surface area contributed by atoms with Crippen molar-refractivity contribution in [2.75, 3.05) is 0 Å². The van der Waals surface area contributed by atoms with Gasteiger partial charge in [-0.25, -0.2) is 4.68 Å². The van der Waals surface area contributed by atoms with E-state index in [1.165, 1.54) is 37.4 Å². The largest absolute Gasteiger partial charge is 0.481 e. The topological polar surface area (TPSA) is 115 Å². The molecule has 0 amide bonds. The van der Waals surface area contributed by atoms with Crippen LogP contribution in [0, 0.1) is 10.1 Å². The summed E-state index contributed by atoms with van der Waals surface area (Å²) in [6.45, 7) is 0. The van der Waals surface area contributed by atoms with Gasteiger partial charge in [0.25, 0.3) is 11.2 Å². The molecule has 8 nitrogen and oxygen atoms in total. The summed E-state index contributed by atoms with van der Waals surface area (Å²) < 4.78 is 1.05. The lowest BCUT2D eigenvalue weighted by molar-refractivity contribution is -0.384. The normalized spacial score (nSPS) is 10.3. The Bertz CT molecular complexity index is 764. The highest BCUT2D eigenvalue weighted by molar-refractivity contribution is 5.71. The Hall–Kier alpha value is -3.03. The molecule has 0 radical (unpaired) electrons. The number of nitrogens with zero attached hydrogens (tertiary/aromatic N) is 3. The minimum absolute atomic E-state index is 0.0608. The highest BCUT2D eigenvalue weighted by Gasteiger charge is 2.12. The Labute approximate surface area is 118 Å². The van der Waals surface area contributed by atoms with Crippen molar-refractivity contribution in [3.8, 4) is 11.3 Å². The summed E-state index contributed by atoms with van der Waals surface area (Å²) in [5.74, 6) is -1.12. The van der Waals surface area contributed by atoms with E-state index in [-0.39, 0.29) is 11.3 Å². The van der Waals surface area contributed by atoms with E-state index >= 15 is 0 Å². The Morgan fingerprint density at radius 3 is 2.52 bits per heavy atom. The summed E-state index contributed by atoms with van der Waals surface area (Å²) in [4.78, 5) is 32.6. The summed E-state index contributed by atoms with van der Waals surface area (Å²) in [7, 11) is 1.42. The molecule has 108 valence electrons. The molecular formula is C13H11N3O5. The molecule has 0 unspecified atom stereocenters. The van der Waals surface area contributed by atoms with Gasteiger partial charge in [-0.2, -0.15) is 5.10 Å². The van der Waals surface area contributed by atoms with E-state index in [1.54, 1.807) is 0 Å². The third-order valence-corrected chi connectivity index (χ3v) is 2.85. The van der Waals surface area contributed by atoms with Crippen LogP contribution < -0.4 is 5.56 Å². The summed E-state index contributed by atoms with van der Waals surface area (Å²) >= 11 is 0. The fourth-order valence-corrected chi connectivity index (χ4v) is 1.86. The number of aromatic nitrogens is 2. The van der Waals surface area contributed by atoms with Gasteiger partial charge in [0.15, 0.2) is 0 Å². The number of non-ortho nitro benzene ring substituents is 1. The lowest BCUT2D eigenvalue weighted by Crippen LogP contribution is -2.25. The second-order valence-electron chi connectivity index (χ2n) is 4.36. The number of benzene rings is 1. The number of rotatable bonds is 4. The molecule has 21 heavy (non-hydrogen) atoms. The van der Waals surface area contributed by atoms with E-state index in [1.807, 2.05) is 0 Å². The minimum Gasteiger partial charge on any atom is -0.481 e. The van der Waals surface area contributed by atoms with Gasteiger partial charge in [0, 0.05) is 30.3 Å². The van der Waals surface area contributed by atoms with Crippen molar-refractivity contribution < 1.29 is 14.8 Å². The molecule has 1 aromatic heterocycles. The summed E-state index contributed by atoms with van der Waals surface area (Å²) in [6.07, 6.45) is -0.408. The molecule has 0 atom stereocenters. The predicted molar refractivity (Wildman–Crippen MR) is 72.9 cm³/mol. The van der Waals surface area contributed by atoms with Crippen LogP contribution >= 0.6 is 0 Å². The van der Waals surface area contributed by atoms with Gasteiger partial charge in [-0.05, 0) is 18.2 Å². The number of hydrogen-bond donors (Lipinski definition) is 1. The lowest BCUT2D eigenvalue weighted by Gasteiger charge is -2.06. The number of nitro groups is 1. The molecule has 0 spiro atoms. The van der Waals surface area contributed by atoms with Crippen LogP contribution in [0.1, 0.15) is 5.56 Å². The molecule has 0 saturated heterocycles. The maximum Gasteiger partial charge on any atom is 0.308 e. The van der Waals surface area contributed by atoms with Crippen molar-refractivity contribution in [1.82, 2.24) is 9.78 Å². The minimum atomic E-state index is -1.12. The summed E-state index contributed by atoms with van der Waals surface area (Å²) in [6, 6.07) is 7.01. The van der Waals surface area contributed by atoms with E-state index in [4.69, 9.17) is 5.11 Å². The van der Waals surface area contributed by atoms with Gasteiger partial charge in [-0.15, -0.1) is 0 Å². The first-order chi connectivity index (χ1) is 9.88. The van der Waals surface area contributed by atoms with Gasteiger partial charge in [-0.3, -0.25) is 19.7 Å². The quantitative estimate of drug-likeness (QED) is 0.662. The van der Waals surface area contributed by atoms with Crippen LogP contribution in [0.15, 0.2) is 35.1 Å². The van der Waals surface area contributed by atoms with Crippen molar-refractivity contribution in [2.45, 2.75) is 6.42 Å². The van der Waals surface area contributed by atoms with Gasteiger partial charge in [0.1, 0.15) is 0 Å². The maximum atomic E-state index is 11.8. The van der Waals surface area contributed by atoms with Gasteiger partial charge >= 0.3 is 5.97 Å². The van der Waals surface area contributed by atoms with Crippen LogP contribution in [0.25, 0.3) is 11.3 Å². The zero-order valence-corrected chi connectivity index (χ0v) is 11.0. The molecule has 2 rings (SSSR count). The SMILES string of the molecule is Cn1nc(-c2ccc([N+](=O)[O-])cc2)cc(CC(=O)O)c1=O. The molecule has 8 heteroatoms. The van der Waals surface area contributed by atoms with Crippen LogP contribution in [0.5, 0.6) is 0 Å². The van der Waals surface area contributed by atoms with Crippen LogP contribution in [0.2, 0.25) is 0 Å². The van der Waals surface area contributed by atoms with Crippen LogP contribution in [0.4, 0.5) is 5.69 Å². The Morgan fingerprint density at radius 2 is 2.00 bits per heavy atom. The molecule has 0 aliphatic heterocycles. The van der Waals surface area contributed by atoms with Crippen molar-refractivity contribution >= 4 is 11.7 Å². The van der Waals surface area contributed by atoms with Crippen LogP contribution in [0.3, 0.4) is 0 Å². The number of hydrogen-bond acceptors (Lipinski definition) is 5. The zero-order valence-electron chi connectivity index (χ0n) is 11.0. The van der Waals surface area contributed by atoms with E-state index in [0.29, 0.717) is 11.3 Å². The van der Waals surface area contributed by atoms with E-state index in [9.17, 15) is 19.7 Å². The zero-order chi connectivity index (χ0) is 15.6. The number of aryl methyl sites for hydroxylation is 1. The average Bonchev–Trinajstić information content (AvgIpc) is 2.43. The second-order valence-corrected chi connectivity index (χ2v) is 4.36. The molecule has 2 aromatic rings. The molecule has 1 heterocycles. The predicted octanol–water partition coefficient (Wildman–Crippen LogP) is 0.983. The third-order valence-electron chi connectivity index (χ3n) is 2.85. The van der Waals surface area contributed by atoms with Crippen LogP contribution in [-0.4, -0.2) is 25.8 Å². The molecular weight excluding hydrogens is 278 g/mol. The number of aliphatic carboxylic acids is 1. The molecule has 0 bridgehead atoms. The van der Waals surface area contributed by atoms with Crippen LogP contribution in [-0.2, 0) is 18.3 Å². The number of carbonyl (C=O) groups is 1. The average molecular weight is 289 g/mol. The van der Waals surface area contributed by atoms with Gasteiger partial charge in [0.2, 0.25) is 0 Å². The first kappa shape index (κ1) is 14.4. The fraction of sp³-hybridized carbons (Fsp3) is 0.154. The Kier molecular flexibility index (Phi) is 3.79. The first-order valence-electron chi connectivity index (χ1n) is 5.92.